The lowest BCUT2D eigenvalue weighted by molar-refractivity contribution is 0.934. The molecule has 0 fully saturated rings. The largest absolute Gasteiger partial charge is 0.226 e. The molecule has 0 unspecified atom stereocenters. The van der Waals surface area contributed by atoms with Gasteiger partial charge in [0.05, 0.1) is 0 Å². The van der Waals surface area contributed by atoms with Crippen LogP contribution in [-0.2, 0) is 6.42 Å². The second-order valence-electron chi connectivity index (χ2n) is 1.78. The van der Waals surface area contributed by atoms with E-state index in [4.69, 9.17) is 23.2 Å². The topological polar surface area (TPSA) is 38.7 Å². The third-order valence-corrected chi connectivity index (χ3v) is 1.29. The second-order valence-corrected chi connectivity index (χ2v) is 2.46. The van der Waals surface area contributed by atoms with E-state index in [1.54, 1.807) is 6.08 Å². The zero-order chi connectivity index (χ0) is 8.27. The number of rotatable bonds is 2. The first-order valence-electron chi connectivity index (χ1n) is 2.89. The predicted molar refractivity (Wildman–Crippen MR) is 43.7 cm³/mol. The van der Waals surface area contributed by atoms with Crippen LogP contribution in [0.15, 0.2) is 12.7 Å². The van der Waals surface area contributed by atoms with Crippen LogP contribution in [0.2, 0.25) is 10.6 Å². The summed E-state index contributed by atoms with van der Waals surface area (Å²) in [5, 5.41) is 0.226. The van der Waals surface area contributed by atoms with E-state index >= 15 is 0 Å². The molecule has 11 heavy (non-hydrogen) atoms. The van der Waals surface area contributed by atoms with Crippen molar-refractivity contribution in [3.05, 3.63) is 29.0 Å². The summed E-state index contributed by atoms with van der Waals surface area (Å²) in [7, 11) is 0. The first-order valence-corrected chi connectivity index (χ1v) is 3.65. The van der Waals surface area contributed by atoms with Crippen molar-refractivity contribution in [3.8, 4) is 0 Å². The van der Waals surface area contributed by atoms with Gasteiger partial charge in [0, 0.05) is 6.42 Å². The summed E-state index contributed by atoms with van der Waals surface area (Å²) in [6, 6.07) is 0. The fraction of sp³-hybridized carbons (Fsp3) is 0.167. The smallest absolute Gasteiger partial charge is 0.202 e. The molecule has 0 aliphatic rings. The van der Waals surface area contributed by atoms with Crippen molar-refractivity contribution in [2.45, 2.75) is 6.42 Å². The minimum atomic E-state index is 0.113. The van der Waals surface area contributed by atoms with Crippen molar-refractivity contribution in [2.75, 3.05) is 0 Å². The van der Waals surface area contributed by atoms with Crippen molar-refractivity contribution in [1.29, 1.82) is 0 Å². The maximum absolute atomic E-state index is 5.50. The van der Waals surface area contributed by atoms with Gasteiger partial charge in [-0.05, 0) is 23.2 Å². The Labute approximate surface area is 74.1 Å². The zero-order valence-electron chi connectivity index (χ0n) is 5.59. The Morgan fingerprint density at radius 2 is 1.73 bits per heavy atom. The molecule has 0 bridgehead atoms. The normalized spacial score (nSPS) is 9.64. The fourth-order valence-electron chi connectivity index (χ4n) is 0.585. The van der Waals surface area contributed by atoms with Gasteiger partial charge >= 0.3 is 0 Å². The average molecular weight is 190 g/mol. The lowest BCUT2D eigenvalue weighted by atomic mass is 10.4. The minimum absolute atomic E-state index is 0.113. The van der Waals surface area contributed by atoms with Crippen molar-refractivity contribution < 1.29 is 0 Å². The van der Waals surface area contributed by atoms with E-state index < -0.39 is 0 Å². The Morgan fingerprint density at radius 3 is 2.18 bits per heavy atom. The van der Waals surface area contributed by atoms with Crippen molar-refractivity contribution in [3.63, 3.8) is 0 Å². The Hall–Kier alpha value is -0.670. The Morgan fingerprint density at radius 1 is 1.18 bits per heavy atom. The summed E-state index contributed by atoms with van der Waals surface area (Å²) in [6.45, 7) is 3.53. The number of hydrogen-bond donors (Lipinski definition) is 0. The molecule has 58 valence electrons. The molecule has 1 aromatic heterocycles. The summed E-state index contributed by atoms with van der Waals surface area (Å²) < 4.78 is 0. The quantitative estimate of drug-likeness (QED) is 0.668. The van der Waals surface area contributed by atoms with Gasteiger partial charge in [-0.15, -0.1) is 6.58 Å². The van der Waals surface area contributed by atoms with Gasteiger partial charge in [-0.3, -0.25) is 0 Å². The number of hydrogen-bond acceptors (Lipinski definition) is 3. The molecule has 1 rings (SSSR count). The van der Waals surface area contributed by atoms with Crippen molar-refractivity contribution >= 4 is 23.2 Å². The van der Waals surface area contributed by atoms with E-state index in [-0.39, 0.29) is 10.6 Å². The molecule has 0 radical (unpaired) electrons. The maximum atomic E-state index is 5.50. The number of allylic oxidation sites excluding steroid dienone is 1. The molecule has 0 spiro atoms. The van der Waals surface area contributed by atoms with Gasteiger partial charge in [-0.2, -0.15) is 4.98 Å². The molecule has 0 aliphatic heterocycles. The van der Waals surface area contributed by atoms with Crippen LogP contribution in [0.5, 0.6) is 0 Å². The molecule has 0 atom stereocenters. The van der Waals surface area contributed by atoms with E-state index in [9.17, 15) is 0 Å². The molecule has 3 nitrogen and oxygen atoms in total. The summed E-state index contributed by atoms with van der Waals surface area (Å²) >= 11 is 11.0. The fourth-order valence-corrected chi connectivity index (χ4v) is 0.983. The average Bonchev–Trinajstić information content (AvgIpc) is 1.85. The molecule has 0 saturated carbocycles. The Balaban J connectivity index is 2.98. The van der Waals surface area contributed by atoms with E-state index in [1.807, 2.05) is 0 Å². The Kier molecular flexibility index (Phi) is 2.79. The molecular formula is C6H5Cl2N3. The van der Waals surface area contributed by atoms with Crippen LogP contribution >= 0.6 is 23.2 Å². The van der Waals surface area contributed by atoms with Gasteiger partial charge in [0.1, 0.15) is 5.82 Å². The standard InChI is InChI=1S/C6H5Cl2N3/c1-2-3-4-9-5(7)11-6(8)10-4/h2H,1,3H2. The molecule has 0 aromatic carbocycles. The minimum Gasteiger partial charge on any atom is -0.202 e. The summed E-state index contributed by atoms with van der Waals surface area (Å²) in [5.74, 6) is 0.532. The molecular weight excluding hydrogens is 185 g/mol. The highest BCUT2D eigenvalue weighted by atomic mass is 35.5. The number of aromatic nitrogens is 3. The van der Waals surface area contributed by atoms with Crippen molar-refractivity contribution in [1.82, 2.24) is 15.0 Å². The van der Waals surface area contributed by atoms with Crippen LogP contribution in [0.25, 0.3) is 0 Å². The molecule has 5 heteroatoms. The van der Waals surface area contributed by atoms with Crippen LogP contribution in [0.4, 0.5) is 0 Å². The molecule has 1 heterocycles. The number of nitrogens with zero attached hydrogens (tertiary/aromatic N) is 3. The lowest BCUT2D eigenvalue weighted by Gasteiger charge is -1.94. The first kappa shape index (κ1) is 8.43. The molecule has 0 N–H and O–H groups in total. The molecule has 0 aliphatic carbocycles. The maximum Gasteiger partial charge on any atom is 0.226 e. The van der Waals surface area contributed by atoms with Crippen LogP contribution in [0.3, 0.4) is 0 Å². The van der Waals surface area contributed by atoms with Gasteiger partial charge in [-0.1, -0.05) is 6.08 Å². The third-order valence-electron chi connectivity index (χ3n) is 0.954. The van der Waals surface area contributed by atoms with E-state index in [2.05, 4.69) is 21.5 Å². The van der Waals surface area contributed by atoms with Crippen LogP contribution in [-0.4, -0.2) is 15.0 Å². The van der Waals surface area contributed by atoms with Crippen LogP contribution in [0.1, 0.15) is 5.82 Å². The summed E-state index contributed by atoms with van der Waals surface area (Å²) in [5.41, 5.74) is 0. The van der Waals surface area contributed by atoms with Crippen molar-refractivity contribution in [2.24, 2.45) is 0 Å². The highest BCUT2D eigenvalue weighted by Crippen LogP contribution is 2.06. The van der Waals surface area contributed by atoms with Gasteiger partial charge < -0.3 is 0 Å². The Bertz CT molecular complexity index is 254. The monoisotopic (exact) mass is 189 g/mol. The van der Waals surface area contributed by atoms with Gasteiger partial charge in [-0.25, -0.2) is 9.97 Å². The van der Waals surface area contributed by atoms with E-state index in [0.717, 1.165) is 0 Å². The lowest BCUT2D eigenvalue weighted by Crippen LogP contribution is -1.96. The summed E-state index contributed by atoms with van der Waals surface area (Å²) in [4.78, 5) is 11.2. The van der Waals surface area contributed by atoms with E-state index in [1.165, 1.54) is 0 Å². The summed E-state index contributed by atoms with van der Waals surface area (Å²) in [6.07, 6.45) is 2.21. The third kappa shape index (κ3) is 2.44. The highest BCUT2D eigenvalue weighted by Gasteiger charge is 1.99. The predicted octanol–water partition coefficient (Wildman–Crippen LogP) is 1.91. The van der Waals surface area contributed by atoms with E-state index in [0.29, 0.717) is 12.2 Å². The first-order chi connectivity index (χ1) is 5.22. The van der Waals surface area contributed by atoms with Crippen LogP contribution in [0, 0.1) is 0 Å². The van der Waals surface area contributed by atoms with Gasteiger partial charge in [0.2, 0.25) is 10.6 Å². The molecule has 1 aromatic rings. The van der Waals surface area contributed by atoms with Gasteiger partial charge in [0.25, 0.3) is 0 Å². The van der Waals surface area contributed by atoms with Gasteiger partial charge in [0.15, 0.2) is 0 Å². The zero-order valence-corrected chi connectivity index (χ0v) is 7.10. The second kappa shape index (κ2) is 3.64. The SMILES string of the molecule is C=CCc1nc(Cl)nc(Cl)n1. The highest BCUT2D eigenvalue weighted by molar-refractivity contribution is 6.30. The number of halogens is 2. The van der Waals surface area contributed by atoms with Crippen LogP contribution < -0.4 is 0 Å². The molecule has 0 saturated heterocycles. The molecule has 0 amide bonds.